The molecular weight excluding hydrogens is 310 g/mol. The van der Waals surface area contributed by atoms with E-state index in [0.29, 0.717) is 17.2 Å². The lowest BCUT2D eigenvalue weighted by molar-refractivity contribution is -0.143. The highest BCUT2D eigenvalue weighted by Gasteiger charge is 2.25. The average molecular weight is 335 g/mol. The van der Waals surface area contributed by atoms with E-state index in [9.17, 15) is 14.7 Å². The quantitative estimate of drug-likeness (QED) is 0.800. The molecule has 2 rings (SSSR count). The monoisotopic (exact) mass is 335 g/mol. The summed E-state index contributed by atoms with van der Waals surface area (Å²) in [5.74, 6) is -0.470. The number of carbonyl (C=O) groups is 2. The molecule has 1 amide bonds. The third kappa shape index (κ3) is 4.96. The van der Waals surface area contributed by atoms with Crippen molar-refractivity contribution in [2.45, 2.75) is 44.8 Å². The molecule has 0 aliphatic heterocycles. The number of carbonyl (C=O) groups excluding carboxylic acids is 1. The normalized spacial score (nSPS) is 21.8. The Bertz CT molecular complexity index is 557. The van der Waals surface area contributed by atoms with E-state index < -0.39 is 17.9 Å². The van der Waals surface area contributed by atoms with E-state index in [-0.39, 0.29) is 12.7 Å². The Kier molecular flexibility index (Phi) is 6.61. The number of methoxy groups -OCH3 is 1. The predicted octanol–water partition coefficient (Wildman–Crippen LogP) is 2.53. The smallest absolute Gasteiger partial charge is 0.330 e. The standard InChI is InChI=1S/C18H25NO5/c1-12-5-3-4-6-15(12)24-11-16(20)19-17(18(21)22)13-7-9-14(23-2)10-8-13/h7-10,12,15,17H,3-6,11H2,1-2H3,(H,19,20)(H,21,22). The molecule has 0 saturated heterocycles. The summed E-state index contributed by atoms with van der Waals surface area (Å²) in [6.45, 7) is 2.01. The zero-order valence-electron chi connectivity index (χ0n) is 14.2. The molecule has 6 heteroatoms. The summed E-state index contributed by atoms with van der Waals surface area (Å²) >= 11 is 0. The lowest BCUT2D eigenvalue weighted by atomic mass is 9.88. The molecule has 2 N–H and O–H groups in total. The Morgan fingerprint density at radius 1 is 1.25 bits per heavy atom. The molecule has 1 aliphatic carbocycles. The van der Waals surface area contributed by atoms with Gasteiger partial charge in [0.25, 0.3) is 0 Å². The van der Waals surface area contributed by atoms with Crippen LogP contribution in [0.2, 0.25) is 0 Å². The van der Waals surface area contributed by atoms with Crippen LogP contribution >= 0.6 is 0 Å². The fourth-order valence-corrected chi connectivity index (χ4v) is 3.00. The molecule has 3 atom stereocenters. The minimum absolute atomic E-state index is 0.0776. The minimum Gasteiger partial charge on any atom is -0.497 e. The number of hydrogen-bond donors (Lipinski definition) is 2. The number of hydrogen-bond acceptors (Lipinski definition) is 4. The van der Waals surface area contributed by atoms with Crippen LogP contribution in [-0.2, 0) is 14.3 Å². The van der Waals surface area contributed by atoms with Gasteiger partial charge < -0.3 is 19.9 Å². The van der Waals surface area contributed by atoms with Gasteiger partial charge in [0.2, 0.25) is 5.91 Å². The zero-order chi connectivity index (χ0) is 17.5. The van der Waals surface area contributed by atoms with Gasteiger partial charge in [0.1, 0.15) is 12.4 Å². The van der Waals surface area contributed by atoms with E-state index >= 15 is 0 Å². The van der Waals surface area contributed by atoms with E-state index in [1.54, 1.807) is 24.3 Å². The molecule has 0 radical (unpaired) electrons. The highest BCUT2D eigenvalue weighted by atomic mass is 16.5. The zero-order valence-corrected chi connectivity index (χ0v) is 14.2. The van der Waals surface area contributed by atoms with Crippen LogP contribution in [0.1, 0.15) is 44.2 Å². The molecule has 0 aromatic heterocycles. The summed E-state index contributed by atoms with van der Waals surface area (Å²) in [6.07, 6.45) is 4.45. The first-order chi connectivity index (χ1) is 11.5. The fraction of sp³-hybridized carbons (Fsp3) is 0.556. The summed E-state index contributed by atoms with van der Waals surface area (Å²) in [7, 11) is 1.54. The SMILES string of the molecule is COc1ccc(C(NC(=O)COC2CCCCC2C)C(=O)O)cc1. The molecule has 132 valence electrons. The maximum atomic E-state index is 12.1. The Balaban J connectivity index is 1.91. The van der Waals surface area contributed by atoms with Gasteiger partial charge in [-0.1, -0.05) is 31.9 Å². The number of nitrogens with one attached hydrogen (secondary N) is 1. The molecule has 0 heterocycles. The van der Waals surface area contributed by atoms with E-state index in [0.717, 1.165) is 19.3 Å². The van der Waals surface area contributed by atoms with Gasteiger partial charge in [-0.15, -0.1) is 0 Å². The second-order valence-corrected chi connectivity index (χ2v) is 6.22. The van der Waals surface area contributed by atoms with Crippen molar-refractivity contribution in [2.24, 2.45) is 5.92 Å². The molecule has 1 saturated carbocycles. The summed E-state index contributed by atoms with van der Waals surface area (Å²) in [5, 5.41) is 11.9. The Morgan fingerprint density at radius 3 is 2.50 bits per heavy atom. The van der Waals surface area contributed by atoms with E-state index in [1.807, 2.05) is 0 Å². The number of ether oxygens (including phenoxy) is 2. The van der Waals surface area contributed by atoms with Gasteiger partial charge >= 0.3 is 5.97 Å². The van der Waals surface area contributed by atoms with Crippen molar-refractivity contribution in [3.8, 4) is 5.75 Å². The molecule has 1 aromatic carbocycles. The Labute approximate surface area is 142 Å². The van der Waals surface area contributed by atoms with Crippen LogP contribution in [0, 0.1) is 5.92 Å². The second kappa shape index (κ2) is 8.68. The molecule has 6 nitrogen and oxygen atoms in total. The number of rotatable bonds is 7. The summed E-state index contributed by atoms with van der Waals surface area (Å²) in [5.41, 5.74) is 0.489. The summed E-state index contributed by atoms with van der Waals surface area (Å²) in [4.78, 5) is 23.5. The lowest BCUT2D eigenvalue weighted by Crippen LogP contribution is -2.38. The van der Waals surface area contributed by atoms with Crippen LogP contribution in [-0.4, -0.2) is 36.8 Å². The molecule has 3 unspecified atom stereocenters. The fourth-order valence-electron chi connectivity index (χ4n) is 3.00. The molecule has 24 heavy (non-hydrogen) atoms. The van der Waals surface area contributed by atoms with Gasteiger partial charge in [0.15, 0.2) is 6.04 Å². The van der Waals surface area contributed by atoms with Crippen molar-refractivity contribution in [1.82, 2.24) is 5.32 Å². The Hall–Kier alpha value is -2.08. The first kappa shape index (κ1) is 18.3. The van der Waals surface area contributed by atoms with Crippen molar-refractivity contribution in [3.05, 3.63) is 29.8 Å². The van der Waals surface area contributed by atoms with Gasteiger partial charge in [0.05, 0.1) is 13.2 Å². The summed E-state index contributed by atoms with van der Waals surface area (Å²) < 4.78 is 10.7. The first-order valence-corrected chi connectivity index (χ1v) is 8.29. The number of carboxylic acid groups (broad SMARTS) is 1. The van der Waals surface area contributed by atoms with Crippen LogP contribution in [0.4, 0.5) is 0 Å². The van der Waals surface area contributed by atoms with Gasteiger partial charge in [-0.2, -0.15) is 0 Å². The largest absolute Gasteiger partial charge is 0.497 e. The molecule has 1 aromatic rings. The van der Waals surface area contributed by atoms with Crippen molar-refractivity contribution in [3.63, 3.8) is 0 Å². The molecule has 1 aliphatic rings. The average Bonchev–Trinajstić information content (AvgIpc) is 2.59. The maximum absolute atomic E-state index is 12.1. The molecular formula is C18H25NO5. The third-order valence-corrected chi connectivity index (χ3v) is 4.46. The van der Waals surface area contributed by atoms with Gasteiger partial charge in [-0.3, -0.25) is 4.79 Å². The van der Waals surface area contributed by atoms with E-state index in [1.165, 1.54) is 13.5 Å². The van der Waals surface area contributed by atoms with Crippen LogP contribution in [0.5, 0.6) is 5.75 Å². The molecule has 0 spiro atoms. The lowest BCUT2D eigenvalue weighted by Gasteiger charge is -2.28. The van der Waals surface area contributed by atoms with E-state index in [4.69, 9.17) is 9.47 Å². The Morgan fingerprint density at radius 2 is 1.92 bits per heavy atom. The number of amides is 1. The second-order valence-electron chi connectivity index (χ2n) is 6.22. The topological polar surface area (TPSA) is 84.9 Å². The van der Waals surface area contributed by atoms with Crippen LogP contribution < -0.4 is 10.1 Å². The van der Waals surface area contributed by atoms with Crippen molar-refractivity contribution < 1.29 is 24.2 Å². The highest BCUT2D eigenvalue weighted by molar-refractivity contribution is 5.85. The highest BCUT2D eigenvalue weighted by Crippen LogP contribution is 2.26. The number of aliphatic carboxylic acids is 1. The summed E-state index contributed by atoms with van der Waals surface area (Å²) in [6, 6.07) is 5.48. The molecule has 0 bridgehead atoms. The predicted molar refractivity (Wildman–Crippen MR) is 88.9 cm³/mol. The maximum Gasteiger partial charge on any atom is 0.330 e. The van der Waals surface area contributed by atoms with Gasteiger partial charge in [0, 0.05) is 0 Å². The number of benzene rings is 1. The van der Waals surface area contributed by atoms with Gasteiger partial charge in [-0.25, -0.2) is 4.79 Å². The van der Waals surface area contributed by atoms with Crippen LogP contribution in [0.15, 0.2) is 24.3 Å². The van der Waals surface area contributed by atoms with Crippen molar-refractivity contribution >= 4 is 11.9 Å². The van der Waals surface area contributed by atoms with Crippen LogP contribution in [0.25, 0.3) is 0 Å². The van der Waals surface area contributed by atoms with Crippen molar-refractivity contribution in [1.29, 1.82) is 0 Å². The van der Waals surface area contributed by atoms with Gasteiger partial charge in [-0.05, 0) is 36.5 Å². The van der Waals surface area contributed by atoms with E-state index in [2.05, 4.69) is 12.2 Å². The van der Waals surface area contributed by atoms with Crippen molar-refractivity contribution in [2.75, 3.05) is 13.7 Å². The minimum atomic E-state index is -1.11. The third-order valence-electron chi connectivity index (χ3n) is 4.46. The van der Waals surface area contributed by atoms with Crippen LogP contribution in [0.3, 0.4) is 0 Å². The number of carboxylic acids is 1. The first-order valence-electron chi connectivity index (χ1n) is 8.29. The molecule has 1 fully saturated rings.